The third-order valence-corrected chi connectivity index (χ3v) is 3.08. The van der Waals surface area contributed by atoms with E-state index in [9.17, 15) is 21.6 Å². The monoisotopic (exact) mass is 285 g/mol. The summed E-state index contributed by atoms with van der Waals surface area (Å²) in [7, 11) is -3.92. The summed E-state index contributed by atoms with van der Waals surface area (Å²) in [6.07, 6.45) is -3.67. The number of rotatable bonds is 5. The summed E-state index contributed by atoms with van der Waals surface area (Å²) >= 11 is 0. The largest absolute Gasteiger partial charge is 0.389 e. The van der Waals surface area contributed by atoms with E-state index in [-0.39, 0.29) is 18.0 Å². The zero-order valence-electron chi connectivity index (χ0n) is 9.74. The molecule has 0 unspecified atom stereocenters. The smallest absolute Gasteiger partial charge is 0.333 e. The molecule has 2 N–H and O–H groups in total. The quantitative estimate of drug-likeness (QED) is 0.889. The lowest BCUT2D eigenvalue weighted by atomic mass is 10.3. The van der Waals surface area contributed by atoms with E-state index in [2.05, 4.69) is 4.98 Å². The number of primary sulfonamides is 1. The van der Waals surface area contributed by atoms with E-state index in [1.165, 1.54) is 10.8 Å². The lowest BCUT2D eigenvalue weighted by Gasteiger charge is -2.08. The maximum absolute atomic E-state index is 12.0. The minimum absolute atomic E-state index is 0.0607. The average Bonchev–Trinajstić information content (AvgIpc) is 2.58. The first kappa shape index (κ1) is 15.0. The number of imidazole rings is 1. The molecule has 1 aromatic rings. The minimum Gasteiger partial charge on any atom is -0.333 e. The first-order valence-corrected chi connectivity index (χ1v) is 6.83. The molecule has 0 bridgehead atoms. The zero-order chi connectivity index (χ0) is 14.0. The summed E-state index contributed by atoms with van der Waals surface area (Å²) in [6.45, 7) is 1.79. The molecule has 9 heteroatoms. The summed E-state index contributed by atoms with van der Waals surface area (Å²) in [5, 5.41) is 4.59. The van der Waals surface area contributed by atoms with Crippen molar-refractivity contribution in [3.8, 4) is 0 Å². The molecule has 0 fully saturated rings. The molecule has 104 valence electrons. The predicted octanol–water partition coefficient (Wildman–Crippen LogP) is 1.44. The fraction of sp³-hybridized carbons (Fsp3) is 0.667. The maximum Gasteiger partial charge on any atom is 0.389 e. The van der Waals surface area contributed by atoms with Crippen molar-refractivity contribution in [1.29, 1.82) is 0 Å². The van der Waals surface area contributed by atoms with Gasteiger partial charge in [-0.2, -0.15) is 13.2 Å². The summed E-state index contributed by atoms with van der Waals surface area (Å²) < 4.78 is 59.5. The van der Waals surface area contributed by atoms with Gasteiger partial charge in [0.25, 0.3) is 10.0 Å². The maximum atomic E-state index is 12.0. The van der Waals surface area contributed by atoms with Gasteiger partial charge in [0.1, 0.15) is 5.82 Å². The van der Waals surface area contributed by atoms with Crippen molar-refractivity contribution in [3.63, 3.8) is 0 Å². The van der Waals surface area contributed by atoms with Crippen LogP contribution in [-0.2, 0) is 23.0 Å². The number of nitrogens with two attached hydrogens (primary N) is 1. The van der Waals surface area contributed by atoms with Crippen LogP contribution in [0.3, 0.4) is 0 Å². The highest BCUT2D eigenvalue weighted by Crippen LogP contribution is 2.22. The molecule has 0 amide bonds. The second-order valence-electron chi connectivity index (χ2n) is 3.81. The molecule has 0 aromatic carbocycles. The van der Waals surface area contributed by atoms with Crippen LogP contribution in [0.2, 0.25) is 0 Å². The van der Waals surface area contributed by atoms with Crippen LogP contribution in [0.1, 0.15) is 25.6 Å². The second kappa shape index (κ2) is 5.27. The summed E-state index contributed by atoms with van der Waals surface area (Å²) in [4.78, 5) is 3.78. The van der Waals surface area contributed by atoms with Crippen LogP contribution in [0.5, 0.6) is 0 Å². The number of nitrogens with zero attached hydrogens (tertiary/aromatic N) is 2. The summed E-state index contributed by atoms with van der Waals surface area (Å²) in [5.41, 5.74) is 0. The normalized spacial score (nSPS) is 12.9. The number of alkyl halides is 3. The molecule has 0 atom stereocenters. The fourth-order valence-electron chi connectivity index (χ4n) is 1.49. The van der Waals surface area contributed by atoms with E-state index < -0.39 is 22.6 Å². The van der Waals surface area contributed by atoms with Crippen LogP contribution >= 0.6 is 0 Å². The highest BCUT2D eigenvalue weighted by atomic mass is 32.2. The van der Waals surface area contributed by atoms with E-state index >= 15 is 0 Å². The molecule has 0 aliphatic carbocycles. The number of aromatic nitrogens is 2. The lowest BCUT2D eigenvalue weighted by molar-refractivity contribution is -0.135. The Hall–Kier alpha value is -1.09. The molecule has 1 aromatic heterocycles. The molecule has 1 heterocycles. The lowest BCUT2D eigenvalue weighted by Crippen LogP contribution is -2.12. The van der Waals surface area contributed by atoms with Gasteiger partial charge >= 0.3 is 6.18 Å². The molecule has 5 nitrogen and oxygen atoms in total. The molecule has 1 rings (SSSR count). The number of hydrogen-bond acceptors (Lipinski definition) is 3. The van der Waals surface area contributed by atoms with Gasteiger partial charge in [-0.3, -0.25) is 0 Å². The van der Waals surface area contributed by atoms with E-state index in [4.69, 9.17) is 5.14 Å². The summed E-state index contributed by atoms with van der Waals surface area (Å²) in [6, 6.07) is 0. The van der Waals surface area contributed by atoms with Crippen molar-refractivity contribution in [3.05, 3.63) is 12.0 Å². The third-order valence-electron chi connectivity index (χ3n) is 2.30. The van der Waals surface area contributed by atoms with E-state index in [1.807, 2.05) is 0 Å². The van der Waals surface area contributed by atoms with Crippen molar-refractivity contribution < 1.29 is 21.6 Å². The SMILES string of the molecule is CCc1nc(S(N)(=O)=O)cn1CCCC(F)(F)F. The van der Waals surface area contributed by atoms with Gasteiger partial charge < -0.3 is 4.57 Å². The standard InChI is InChI=1S/C9H14F3N3O2S/c1-2-7-14-8(18(13,16)17)6-15(7)5-3-4-9(10,11)12/h6H,2-5H2,1H3,(H2,13,16,17). The Balaban J connectivity index is 2.80. The Kier molecular flexibility index (Phi) is 4.38. The molecule has 0 aliphatic heterocycles. The molecular weight excluding hydrogens is 271 g/mol. The number of sulfonamides is 1. The van der Waals surface area contributed by atoms with Gasteiger partial charge in [0.05, 0.1) is 0 Å². The Bertz CT molecular complexity index is 508. The van der Waals surface area contributed by atoms with Crippen LogP contribution in [0.4, 0.5) is 13.2 Å². The Labute approximate surface area is 103 Å². The van der Waals surface area contributed by atoms with Gasteiger partial charge in [0, 0.05) is 25.6 Å². The predicted molar refractivity (Wildman–Crippen MR) is 58.3 cm³/mol. The molecule has 18 heavy (non-hydrogen) atoms. The third kappa shape index (κ3) is 4.30. The Morgan fingerprint density at radius 3 is 2.50 bits per heavy atom. The van der Waals surface area contributed by atoms with Gasteiger partial charge in [-0.1, -0.05) is 6.92 Å². The van der Waals surface area contributed by atoms with Crippen molar-refractivity contribution in [2.24, 2.45) is 5.14 Å². The number of halogens is 3. The van der Waals surface area contributed by atoms with Crippen LogP contribution in [-0.4, -0.2) is 24.1 Å². The molecule has 0 saturated carbocycles. The second-order valence-corrected chi connectivity index (χ2v) is 5.31. The highest BCUT2D eigenvalue weighted by molar-refractivity contribution is 7.89. The number of hydrogen-bond donors (Lipinski definition) is 1. The Morgan fingerprint density at radius 1 is 1.44 bits per heavy atom. The van der Waals surface area contributed by atoms with Gasteiger partial charge in [-0.25, -0.2) is 18.5 Å². The molecule has 0 spiro atoms. The van der Waals surface area contributed by atoms with Gasteiger partial charge in [-0.05, 0) is 6.42 Å². The van der Waals surface area contributed by atoms with E-state index in [1.54, 1.807) is 6.92 Å². The highest BCUT2D eigenvalue weighted by Gasteiger charge is 2.26. The zero-order valence-corrected chi connectivity index (χ0v) is 10.6. The first-order valence-electron chi connectivity index (χ1n) is 5.29. The van der Waals surface area contributed by atoms with Crippen LogP contribution < -0.4 is 5.14 Å². The summed E-state index contributed by atoms with van der Waals surface area (Å²) in [5.74, 6) is 0.404. The first-order chi connectivity index (χ1) is 8.13. The van der Waals surface area contributed by atoms with Crippen LogP contribution in [0.15, 0.2) is 11.2 Å². The topological polar surface area (TPSA) is 78.0 Å². The average molecular weight is 285 g/mol. The van der Waals surface area contributed by atoms with Gasteiger partial charge in [0.15, 0.2) is 5.03 Å². The van der Waals surface area contributed by atoms with Gasteiger partial charge in [0.2, 0.25) is 0 Å². The van der Waals surface area contributed by atoms with Gasteiger partial charge in [-0.15, -0.1) is 0 Å². The van der Waals surface area contributed by atoms with Crippen LogP contribution in [0, 0.1) is 0 Å². The molecule has 0 radical (unpaired) electrons. The van der Waals surface area contributed by atoms with Crippen molar-refractivity contribution in [2.45, 2.75) is 43.9 Å². The van der Waals surface area contributed by atoms with Crippen molar-refractivity contribution in [1.82, 2.24) is 9.55 Å². The minimum atomic E-state index is -4.21. The fourth-order valence-corrected chi connectivity index (χ4v) is 2.00. The van der Waals surface area contributed by atoms with E-state index in [0.29, 0.717) is 12.2 Å². The molecule has 0 saturated heterocycles. The van der Waals surface area contributed by atoms with Crippen molar-refractivity contribution >= 4 is 10.0 Å². The molecule has 0 aliphatic rings. The number of aryl methyl sites for hydroxylation is 2. The van der Waals surface area contributed by atoms with E-state index in [0.717, 1.165) is 0 Å². The van der Waals surface area contributed by atoms with Crippen molar-refractivity contribution in [2.75, 3.05) is 0 Å². The van der Waals surface area contributed by atoms with Crippen LogP contribution in [0.25, 0.3) is 0 Å². The molecular formula is C9H14F3N3O2S. The Morgan fingerprint density at radius 2 is 2.06 bits per heavy atom.